The number of hydrogen-bond donors (Lipinski definition) is 2. The second kappa shape index (κ2) is 10.9. The molecule has 0 heterocycles. The van der Waals surface area contributed by atoms with E-state index in [-0.39, 0.29) is 0 Å². The average Bonchev–Trinajstić information content (AvgIpc) is 3.69. The summed E-state index contributed by atoms with van der Waals surface area (Å²) in [5.41, 5.74) is 3.01. The molecule has 2 amide bonds. The number of rotatable bonds is 7. The summed E-state index contributed by atoms with van der Waals surface area (Å²) in [6.45, 7) is 0.715. The SMILES string of the molecule is COC(=O)C(C(=O)N(C)N)N(C)C(=O)c1ccc(C#Cc2ccc(CN(N)C3CC3)cc2)cc1. The maximum atomic E-state index is 12.8. The Hall–Kier alpha value is -3.71. The Labute approximate surface area is 199 Å². The Morgan fingerprint density at radius 1 is 0.971 bits per heavy atom. The van der Waals surface area contributed by atoms with E-state index in [0.29, 0.717) is 23.7 Å². The molecule has 0 aromatic heterocycles. The van der Waals surface area contributed by atoms with Crippen LogP contribution in [0.2, 0.25) is 0 Å². The minimum absolute atomic E-state index is 0.292. The highest BCUT2D eigenvalue weighted by molar-refractivity contribution is 6.07. The standard InChI is InChI=1S/C25H29N5O4/c1-28(22(25(33)34-3)24(32)29(2)26)23(31)20-12-10-18(11-13-20)5-4-17-6-8-19(9-7-17)16-30(27)21-14-15-21/h6-13,21-22H,14-16,26-27H2,1-3H3. The van der Waals surface area contributed by atoms with Crippen LogP contribution in [0.4, 0.5) is 0 Å². The number of ether oxygens (including phenoxy) is 1. The zero-order chi connectivity index (χ0) is 24.8. The van der Waals surface area contributed by atoms with Gasteiger partial charge in [0.1, 0.15) is 0 Å². The number of carbonyl (C=O) groups excluding carboxylic acids is 3. The van der Waals surface area contributed by atoms with Crippen molar-refractivity contribution in [1.82, 2.24) is 14.9 Å². The zero-order valence-corrected chi connectivity index (χ0v) is 19.5. The summed E-state index contributed by atoms with van der Waals surface area (Å²) in [6, 6.07) is 13.5. The molecule has 0 aliphatic heterocycles. The average molecular weight is 464 g/mol. The fraction of sp³-hybridized carbons (Fsp3) is 0.320. The lowest BCUT2D eigenvalue weighted by atomic mass is 10.1. The highest BCUT2D eigenvalue weighted by Gasteiger charge is 2.36. The first-order valence-electron chi connectivity index (χ1n) is 10.8. The van der Waals surface area contributed by atoms with Crippen LogP contribution in [-0.2, 0) is 20.9 Å². The summed E-state index contributed by atoms with van der Waals surface area (Å²) in [5.74, 6) is 15.5. The van der Waals surface area contributed by atoms with Crippen molar-refractivity contribution in [3.05, 3.63) is 70.8 Å². The number of methoxy groups -OCH3 is 1. The highest BCUT2D eigenvalue weighted by atomic mass is 16.5. The third-order valence-corrected chi connectivity index (χ3v) is 5.53. The van der Waals surface area contributed by atoms with Crippen molar-refractivity contribution in [2.45, 2.75) is 31.5 Å². The van der Waals surface area contributed by atoms with Crippen molar-refractivity contribution >= 4 is 17.8 Å². The van der Waals surface area contributed by atoms with Crippen LogP contribution in [0, 0.1) is 11.8 Å². The van der Waals surface area contributed by atoms with Gasteiger partial charge in [-0.1, -0.05) is 24.0 Å². The smallest absolute Gasteiger partial charge is 0.338 e. The fourth-order valence-corrected chi connectivity index (χ4v) is 3.33. The van der Waals surface area contributed by atoms with Crippen molar-refractivity contribution in [2.75, 3.05) is 21.2 Å². The monoisotopic (exact) mass is 463 g/mol. The van der Waals surface area contributed by atoms with Gasteiger partial charge in [-0.3, -0.25) is 20.4 Å². The molecule has 0 spiro atoms. The Balaban J connectivity index is 1.66. The van der Waals surface area contributed by atoms with Gasteiger partial charge in [-0.15, -0.1) is 0 Å². The summed E-state index contributed by atoms with van der Waals surface area (Å²) in [6.07, 6.45) is 2.32. The van der Waals surface area contributed by atoms with E-state index in [0.717, 1.165) is 41.0 Å². The van der Waals surface area contributed by atoms with Crippen molar-refractivity contribution in [1.29, 1.82) is 0 Å². The van der Waals surface area contributed by atoms with Gasteiger partial charge in [0.05, 0.1) is 7.11 Å². The molecule has 1 unspecified atom stereocenters. The quantitative estimate of drug-likeness (QED) is 0.156. The lowest BCUT2D eigenvalue weighted by molar-refractivity contribution is -0.153. The number of likely N-dealkylation sites (N-methyl/N-ethyl adjacent to an activating group) is 2. The summed E-state index contributed by atoms with van der Waals surface area (Å²) in [5, 5.41) is 2.62. The van der Waals surface area contributed by atoms with Crippen LogP contribution in [0.5, 0.6) is 0 Å². The molecule has 0 bridgehead atoms. The molecule has 1 fully saturated rings. The number of amides is 2. The van der Waals surface area contributed by atoms with Crippen molar-refractivity contribution in [2.24, 2.45) is 11.7 Å². The van der Waals surface area contributed by atoms with Gasteiger partial charge in [-0.25, -0.2) is 15.6 Å². The molecule has 1 aliphatic carbocycles. The Kier molecular flexibility index (Phi) is 8.02. The molecule has 1 aliphatic rings. The summed E-state index contributed by atoms with van der Waals surface area (Å²) in [4.78, 5) is 38.2. The molecule has 9 heteroatoms. The number of hydrazine groups is 2. The highest BCUT2D eigenvalue weighted by Crippen LogP contribution is 2.25. The molecule has 178 valence electrons. The van der Waals surface area contributed by atoms with Crippen LogP contribution in [0.25, 0.3) is 0 Å². The number of hydrogen-bond acceptors (Lipinski definition) is 7. The molecule has 1 saturated carbocycles. The lowest BCUT2D eigenvalue weighted by Crippen LogP contribution is -2.54. The predicted molar refractivity (Wildman–Crippen MR) is 126 cm³/mol. The van der Waals surface area contributed by atoms with Crippen molar-refractivity contribution in [3.8, 4) is 11.8 Å². The van der Waals surface area contributed by atoms with E-state index in [2.05, 4.69) is 16.6 Å². The summed E-state index contributed by atoms with van der Waals surface area (Å²) < 4.78 is 4.66. The lowest BCUT2D eigenvalue weighted by Gasteiger charge is -2.27. The molecule has 1 atom stereocenters. The van der Waals surface area contributed by atoms with Crippen LogP contribution in [0.15, 0.2) is 48.5 Å². The van der Waals surface area contributed by atoms with E-state index < -0.39 is 23.8 Å². The summed E-state index contributed by atoms with van der Waals surface area (Å²) >= 11 is 0. The van der Waals surface area contributed by atoms with Crippen LogP contribution in [0.1, 0.15) is 39.9 Å². The second-order valence-electron chi connectivity index (χ2n) is 8.22. The van der Waals surface area contributed by atoms with Gasteiger partial charge in [-0.05, 0) is 54.8 Å². The molecule has 4 N–H and O–H groups in total. The molecule has 2 aromatic carbocycles. The predicted octanol–water partition coefficient (Wildman–Crippen LogP) is 0.870. The van der Waals surface area contributed by atoms with Gasteiger partial charge in [0.25, 0.3) is 11.8 Å². The number of nitrogens with zero attached hydrogens (tertiary/aromatic N) is 3. The third-order valence-electron chi connectivity index (χ3n) is 5.53. The van der Waals surface area contributed by atoms with E-state index >= 15 is 0 Å². The Bertz CT molecular complexity index is 1100. The van der Waals surface area contributed by atoms with Crippen molar-refractivity contribution in [3.63, 3.8) is 0 Å². The second-order valence-corrected chi connectivity index (χ2v) is 8.22. The first kappa shape index (κ1) is 24.9. The van der Waals surface area contributed by atoms with Gasteiger partial charge < -0.3 is 9.64 Å². The molecule has 9 nitrogen and oxygen atoms in total. The Morgan fingerprint density at radius 2 is 1.50 bits per heavy atom. The number of benzene rings is 2. The van der Waals surface area contributed by atoms with Gasteiger partial charge in [0.15, 0.2) is 0 Å². The van der Waals surface area contributed by atoms with Crippen LogP contribution in [-0.4, -0.2) is 66.0 Å². The van der Waals surface area contributed by atoms with Gasteiger partial charge in [-0.2, -0.15) is 0 Å². The Morgan fingerprint density at radius 3 is 1.97 bits per heavy atom. The van der Waals surface area contributed by atoms with Crippen LogP contribution < -0.4 is 11.7 Å². The third kappa shape index (κ3) is 6.20. The fourth-order valence-electron chi connectivity index (χ4n) is 3.33. The van der Waals surface area contributed by atoms with Gasteiger partial charge in [0.2, 0.25) is 6.04 Å². The van der Waals surface area contributed by atoms with Crippen molar-refractivity contribution < 1.29 is 19.1 Å². The molecule has 0 saturated heterocycles. The van der Waals surface area contributed by atoms with E-state index in [1.807, 2.05) is 29.3 Å². The number of esters is 1. The minimum atomic E-state index is -1.48. The van der Waals surface area contributed by atoms with Crippen LogP contribution in [0.3, 0.4) is 0 Å². The molecular weight excluding hydrogens is 434 g/mol. The maximum absolute atomic E-state index is 12.8. The molecule has 0 radical (unpaired) electrons. The molecule has 34 heavy (non-hydrogen) atoms. The minimum Gasteiger partial charge on any atom is -0.467 e. The first-order valence-corrected chi connectivity index (χ1v) is 10.8. The zero-order valence-electron chi connectivity index (χ0n) is 19.5. The van der Waals surface area contributed by atoms with E-state index in [1.54, 1.807) is 24.3 Å². The van der Waals surface area contributed by atoms with E-state index in [4.69, 9.17) is 11.7 Å². The topological polar surface area (TPSA) is 122 Å². The largest absolute Gasteiger partial charge is 0.467 e. The number of carbonyl (C=O) groups is 3. The normalized spacial score (nSPS) is 13.5. The van der Waals surface area contributed by atoms with E-state index in [1.165, 1.54) is 14.1 Å². The first-order chi connectivity index (χ1) is 16.2. The number of nitrogens with two attached hydrogens (primary N) is 2. The maximum Gasteiger partial charge on any atom is 0.338 e. The molecule has 2 aromatic rings. The van der Waals surface area contributed by atoms with Crippen LogP contribution >= 0.6 is 0 Å². The van der Waals surface area contributed by atoms with E-state index in [9.17, 15) is 14.4 Å². The van der Waals surface area contributed by atoms with Gasteiger partial charge >= 0.3 is 5.97 Å². The molecule has 3 rings (SSSR count). The van der Waals surface area contributed by atoms with Gasteiger partial charge in [0, 0.05) is 43.4 Å². The summed E-state index contributed by atoms with van der Waals surface area (Å²) in [7, 11) is 3.77. The molecular formula is C25H29N5O4.